The van der Waals surface area contributed by atoms with Gasteiger partial charge in [-0.05, 0) is 48.4 Å². The monoisotopic (exact) mass is 524 g/mol. The van der Waals surface area contributed by atoms with Crippen molar-refractivity contribution in [3.63, 3.8) is 0 Å². The van der Waals surface area contributed by atoms with Crippen LogP contribution >= 0.6 is 11.3 Å². The Hall–Kier alpha value is -3.04. The van der Waals surface area contributed by atoms with Gasteiger partial charge in [0.05, 0.1) is 33.8 Å². The molecule has 198 valence electrons. The van der Waals surface area contributed by atoms with Crippen LogP contribution in [0.4, 0.5) is 0 Å². The third-order valence-electron chi connectivity index (χ3n) is 6.94. The second-order valence-corrected chi connectivity index (χ2v) is 11.7. The molecule has 1 aromatic carbocycles. The van der Waals surface area contributed by atoms with Crippen LogP contribution in [0.1, 0.15) is 74.7 Å². The average Bonchev–Trinajstić information content (AvgIpc) is 3.57. The van der Waals surface area contributed by atoms with Crippen molar-refractivity contribution in [2.75, 3.05) is 6.54 Å². The van der Waals surface area contributed by atoms with Gasteiger partial charge in [0.25, 0.3) is 0 Å². The molecule has 0 aliphatic carbocycles. The van der Waals surface area contributed by atoms with Crippen LogP contribution in [0.5, 0.6) is 0 Å². The number of likely N-dealkylation sites (tertiary alicyclic amines) is 1. The van der Waals surface area contributed by atoms with E-state index in [-0.39, 0.29) is 30.2 Å². The summed E-state index contributed by atoms with van der Waals surface area (Å²) in [5, 5.41) is 17.3. The summed E-state index contributed by atoms with van der Waals surface area (Å²) >= 11 is 1.62. The first-order valence-electron chi connectivity index (χ1n) is 12.7. The van der Waals surface area contributed by atoms with Crippen molar-refractivity contribution in [2.24, 2.45) is 0 Å². The maximum Gasteiger partial charge on any atom is 0.243 e. The lowest BCUT2D eigenvalue weighted by Gasteiger charge is -2.27. The summed E-state index contributed by atoms with van der Waals surface area (Å²) in [6.45, 7) is 12.6. The van der Waals surface area contributed by atoms with Gasteiger partial charge in [0.2, 0.25) is 11.8 Å². The zero-order valence-electron chi connectivity index (χ0n) is 22.4. The summed E-state index contributed by atoms with van der Waals surface area (Å²) in [6.07, 6.45) is -0.0330. The fourth-order valence-electron chi connectivity index (χ4n) is 5.00. The van der Waals surface area contributed by atoms with E-state index < -0.39 is 18.1 Å². The molecule has 0 radical (unpaired) electrons. The number of rotatable bonds is 7. The zero-order chi connectivity index (χ0) is 26.9. The van der Waals surface area contributed by atoms with Crippen LogP contribution in [0.3, 0.4) is 0 Å². The first-order valence-corrected chi connectivity index (χ1v) is 13.6. The summed E-state index contributed by atoms with van der Waals surface area (Å²) in [4.78, 5) is 33.8. The van der Waals surface area contributed by atoms with E-state index in [0.717, 1.165) is 27.3 Å². The number of nitrogens with zero attached hydrogens (tertiary/aromatic N) is 3. The number of hydrogen-bond acceptors (Lipinski definition) is 7. The summed E-state index contributed by atoms with van der Waals surface area (Å²) in [6, 6.07) is 7.32. The molecule has 0 saturated carbocycles. The number of amides is 2. The third kappa shape index (κ3) is 5.78. The van der Waals surface area contributed by atoms with Crippen LogP contribution in [0, 0.1) is 13.8 Å². The second kappa shape index (κ2) is 10.8. The minimum absolute atomic E-state index is 0.122. The number of aliphatic hydroxyl groups excluding tert-OH is 1. The minimum atomic E-state index is -0.749. The number of aromatic nitrogens is 2. The van der Waals surface area contributed by atoms with E-state index in [9.17, 15) is 14.7 Å². The molecule has 0 bridgehead atoms. The molecule has 9 heteroatoms. The molecule has 1 fully saturated rings. The van der Waals surface area contributed by atoms with Crippen LogP contribution in [-0.2, 0) is 21.5 Å². The van der Waals surface area contributed by atoms with E-state index in [1.807, 2.05) is 19.4 Å². The van der Waals surface area contributed by atoms with Crippen LogP contribution in [0.25, 0.3) is 10.4 Å². The number of aliphatic hydroxyl groups is 1. The van der Waals surface area contributed by atoms with E-state index in [0.29, 0.717) is 24.4 Å². The topological polar surface area (TPSA) is 109 Å². The molecule has 37 heavy (non-hydrogen) atoms. The largest absolute Gasteiger partial charge is 0.391 e. The van der Waals surface area contributed by atoms with Crippen LogP contribution in [0.15, 0.2) is 34.3 Å². The molecule has 2 aromatic heterocycles. The second-order valence-electron chi connectivity index (χ2n) is 10.8. The van der Waals surface area contributed by atoms with Crippen molar-refractivity contribution < 1.29 is 19.2 Å². The van der Waals surface area contributed by atoms with Crippen molar-refractivity contribution in [1.29, 1.82) is 0 Å². The quantitative estimate of drug-likeness (QED) is 0.472. The number of benzene rings is 1. The Kier molecular flexibility index (Phi) is 7.85. The average molecular weight is 525 g/mol. The lowest BCUT2D eigenvalue weighted by atomic mass is 9.82. The number of carbonyl (C=O) groups is 2. The summed E-state index contributed by atoms with van der Waals surface area (Å²) < 4.78 is 5.35. The number of carbonyl (C=O) groups excluding carboxylic acids is 2. The molecule has 2 amide bonds. The Morgan fingerprint density at radius 1 is 1.27 bits per heavy atom. The Morgan fingerprint density at radius 3 is 2.62 bits per heavy atom. The normalized spacial score (nSPS) is 18.7. The van der Waals surface area contributed by atoms with E-state index in [4.69, 9.17) is 4.52 Å². The van der Waals surface area contributed by atoms with E-state index in [2.05, 4.69) is 54.4 Å². The highest BCUT2D eigenvalue weighted by molar-refractivity contribution is 7.13. The molecule has 2 N–H and O–H groups in total. The first-order chi connectivity index (χ1) is 17.5. The molecular formula is C28H36N4O4S. The zero-order valence-corrected chi connectivity index (χ0v) is 23.2. The smallest absolute Gasteiger partial charge is 0.243 e. The molecule has 8 nitrogen and oxygen atoms in total. The van der Waals surface area contributed by atoms with Gasteiger partial charge in [0.1, 0.15) is 11.8 Å². The lowest BCUT2D eigenvalue weighted by Crippen LogP contribution is -2.47. The fraction of sp³-hybridized carbons (Fsp3) is 0.500. The van der Waals surface area contributed by atoms with Crippen LogP contribution < -0.4 is 5.32 Å². The van der Waals surface area contributed by atoms with Gasteiger partial charge in [0.15, 0.2) is 0 Å². The molecule has 0 spiro atoms. The van der Waals surface area contributed by atoms with E-state index in [1.165, 1.54) is 4.90 Å². The molecule has 0 unspecified atom stereocenters. The molecule has 3 aromatic rings. The lowest BCUT2D eigenvalue weighted by molar-refractivity contribution is -0.140. The molecule has 3 heterocycles. The van der Waals surface area contributed by atoms with Crippen LogP contribution in [-0.4, -0.2) is 50.7 Å². The number of β-amino-alcohol motifs (C(OH)–C–C–N with tert-alkyl or cyclic N) is 1. The number of aryl methyl sites for hydroxylation is 2. The predicted octanol–water partition coefficient (Wildman–Crippen LogP) is 4.48. The van der Waals surface area contributed by atoms with Gasteiger partial charge >= 0.3 is 0 Å². The Morgan fingerprint density at radius 2 is 2.03 bits per heavy atom. The SMILES string of the molecule is CC[C@@H](C(=O)N1C[C@H](O)C[C@H]1C(=O)NCc1ccc(-c2scnc2C)cc1C(C)(C)C)c1cc(C)no1. The van der Waals surface area contributed by atoms with Gasteiger partial charge in [-0.3, -0.25) is 9.59 Å². The Bertz CT molecular complexity index is 1280. The van der Waals surface area contributed by atoms with E-state index in [1.54, 1.807) is 24.3 Å². The molecule has 4 rings (SSSR count). The Labute approximate surface area is 222 Å². The highest BCUT2D eigenvalue weighted by Crippen LogP contribution is 2.34. The van der Waals surface area contributed by atoms with Crippen molar-refractivity contribution in [3.05, 3.63) is 58.1 Å². The van der Waals surface area contributed by atoms with E-state index >= 15 is 0 Å². The molecule has 3 atom stereocenters. The summed E-state index contributed by atoms with van der Waals surface area (Å²) in [5.74, 6) is -0.556. The van der Waals surface area contributed by atoms with Gasteiger partial charge in [0, 0.05) is 25.6 Å². The van der Waals surface area contributed by atoms with Crippen molar-refractivity contribution >= 4 is 23.2 Å². The number of nitrogens with one attached hydrogen (secondary N) is 1. The van der Waals surface area contributed by atoms with Gasteiger partial charge in [-0.1, -0.05) is 45.0 Å². The third-order valence-corrected chi connectivity index (χ3v) is 7.92. The molecule has 1 aliphatic heterocycles. The van der Waals surface area contributed by atoms with Gasteiger partial charge < -0.3 is 19.8 Å². The molecule has 1 aliphatic rings. The summed E-state index contributed by atoms with van der Waals surface area (Å²) in [5.41, 5.74) is 6.69. The first kappa shape index (κ1) is 27.0. The maximum atomic E-state index is 13.4. The van der Waals surface area contributed by atoms with Crippen molar-refractivity contribution in [1.82, 2.24) is 20.4 Å². The summed E-state index contributed by atoms with van der Waals surface area (Å²) in [7, 11) is 0. The highest BCUT2D eigenvalue weighted by atomic mass is 32.1. The minimum Gasteiger partial charge on any atom is -0.391 e. The maximum absolute atomic E-state index is 13.4. The standard InChI is InChI=1S/C28H36N4O4S/c1-7-21(24-10-16(2)31-36-24)27(35)32-14-20(33)12-23(32)26(34)29-13-19-9-8-18(11-22(19)28(4,5)6)25-17(3)30-15-37-25/h8-11,15,20-21,23,33H,7,12-14H2,1-6H3,(H,29,34)/t20-,21-,23+/m1/s1. The predicted molar refractivity (Wildman–Crippen MR) is 143 cm³/mol. The van der Waals surface area contributed by atoms with Crippen LogP contribution in [0.2, 0.25) is 0 Å². The number of thiazole rings is 1. The van der Waals surface area contributed by atoms with Crippen molar-refractivity contribution in [2.45, 2.75) is 84.4 Å². The Balaban J connectivity index is 1.52. The van der Waals surface area contributed by atoms with Gasteiger partial charge in [-0.25, -0.2) is 4.98 Å². The molecular weight excluding hydrogens is 488 g/mol. The number of hydrogen-bond donors (Lipinski definition) is 2. The fourth-order valence-corrected chi connectivity index (χ4v) is 5.80. The van der Waals surface area contributed by atoms with Crippen molar-refractivity contribution in [3.8, 4) is 10.4 Å². The highest BCUT2D eigenvalue weighted by Gasteiger charge is 2.41. The molecule has 1 saturated heterocycles. The van der Waals surface area contributed by atoms with Gasteiger partial charge in [-0.2, -0.15) is 0 Å². The van der Waals surface area contributed by atoms with Gasteiger partial charge in [-0.15, -0.1) is 11.3 Å².